The van der Waals surface area contributed by atoms with Gasteiger partial charge in [0.15, 0.2) is 0 Å². The minimum atomic E-state index is 0. The summed E-state index contributed by atoms with van der Waals surface area (Å²) in [7, 11) is 0.628. The van der Waals surface area contributed by atoms with Crippen LogP contribution in [0.15, 0.2) is 0 Å². The molecule has 0 aliphatic heterocycles. The molecular weight excluding hydrogens is 646 g/mol. The monoisotopic (exact) mass is 678 g/mol. The quantitative estimate of drug-likeness (QED) is 0.177. The van der Waals surface area contributed by atoms with Gasteiger partial charge in [0.2, 0.25) is 0 Å². The van der Waals surface area contributed by atoms with Crippen molar-refractivity contribution < 1.29 is 29.5 Å². The Balaban J connectivity index is -0.0000000268. The second kappa shape index (κ2) is 57.8. The first-order valence-corrected chi connectivity index (χ1v) is 13.5. The first kappa shape index (κ1) is 43.3. The third-order valence-electron chi connectivity index (χ3n) is 0.820. The molecule has 7 nitrogen and oxygen atoms in total. The normalized spacial score (nSPS) is 6.70. The van der Waals surface area contributed by atoms with Crippen molar-refractivity contribution in [3.63, 3.8) is 0 Å². The molecule has 9 N–H and O–H groups in total. The van der Waals surface area contributed by atoms with Crippen LogP contribution in [0.25, 0.3) is 0 Å². The van der Waals surface area contributed by atoms with Crippen LogP contribution in [0.5, 0.6) is 0 Å². The van der Waals surface area contributed by atoms with E-state index in [1.807, 2.05) is 0 Å². The fraction of sp³-hybridized carbons (Fsp3) is 1.00. The van der Waals surface area contributed by atoms with Gasteiger partial charge in [-0.25, -0.2) is 0 Å². The third-order valence-corrected chi connectivity index (χ3v) is 0.820. The number of ether oxygens (including phenoxy) is 2. The van der Waals surface area contributed by atoms with E-state index in [4.69, 9.17) is 31.8 Å². The average Bonchev–Trinajstić information content (AvgIpc) is 2.30. The number of rotatable bonds is 7. The molecule has 20 heavy (non-hydrogen) atoms. The SMILES string of the molecule is C.C.I.NCCO.NCCOCOCCN.O.[I][V][I]. The summed E-state index contributed by atoms with van der Waals surface area (Å²) in [4.78, 5) is 0. The van der Waals surface area contributed by atoms with Crippen molar-refractivity contribution in [2.24, 2.45) is 17.2 Å². The van der Waals surface area contributed by atoms with Crippen molar-refractivity contribution in [2.45, 2.75) is 14.9 Å². The molecule has 0 rings (SSSR count). The predicted molar refractivity (Wildman–Crippen MR) is 112 cm³/mol. The molecule has 0 atom stereocenters. The van der Waals surface area contributed by atoms with E-state index >= 15 is 0 Å². The molecule has 0 heterocycles. The third kappa shape index (κ3) is 86.4. The Morgan fingerprint density at radius 1 is 0.900 bits per heavy atom. The van der Waals surface area contributed by atoms with Crippen molar-refractivity contribution in [1.82, 2.24) is 0 Å². The van der Waals surface area contributed by atoms with Crippen LogP contribution < -0.4 is 17.2 Å². The molecule has 0 bridgehead atoms. The molecule has 0 aliphatic rings. The van der Waals surface area contributed by atoms with Crippen molar-refractivity contribution in [1.29, 1.82) is 0 Å². The Hall–Kier alpha value is 2.49. The Labute approximate surface area is 170 Å². The van der Waals surface area contributed by atoms with Gasteiger partial charge in [-0.3, -0.25) is 0 Å². The summed E-state index contributed by atoms with van der Waals surface area (Å²) >= 11 is 4.74. The van der Waals surface area contributed by atoms with E-state index in [1.165, 1.54) is 0 Å². The second-order valence-corrected chi connectivity index (χ2v) is 13.9. The topological polar surface area (TPSA) is 148 Å². The Morgan fingerprint density at radius 2 is 1.15 bits per heavy atom. The number of aliphatic hydroxyl groups is 1. The Kier molecular flexibility index (Phi) is 125. The molecule has 0 aromatic heterocycles. The van der Waals surface area contributed by atoms with Gasteiger partial charge in [-0.1, -0.05) is 14.9 Å². The van der Waals surface area contributed by atoms with Gasteiger partial charge in [0.1, 0.15) is 6.79 Å². The molecule has 133 valence electrons. The first-order chi connectivity index (χ1) is 7.74. The molecule has 0 aliphatic carbocycles. The van der Waals surface area contributed by atoms with Crippen LogP contribution in [-0.4, -0.2) is 56.8 Å². The summed E-state index contributed by atoms with van der Waals surface area (Å²) in [5.41, 5.74) is 15.1. The minimum absolute atomic E-state index is 0. The fourth-order valence-corrected chi connectivity index (χ4v) is 0.343. The van der Waals surface area contributed by atoms with Gasteiger partial charge in [0.05, 0.1) is 19.8 Å². The van der Waals surface area contributed by atoms with Gasteiger partial charge in [0, 0.05) is 19.6 Å². The molecule has 0 aromatic carbocycles. The van der Waals surface area contributed by atoms with Gasteiger partial charge in [-0.15, -0.1) is 24.0 Å². The van der Waals surface area contributed by atoms with E-state index in [9.17, 15) is 0 Å². The van der Waals surface area contributed by atoms with Gasteiger partial charge in [-0.05, 0) is 0 Å². The maximum atomic E-state index is 7.75. The summed E-state index contributed by atoms with van der Waals surface area (Å²) in [6.07, 6.45) is 0. The molecule has 0 spiro atoms. The van der Waals surface area contributed by atoms with Crippen LogP contribution in [0, 0.1) is 0 Å². The fourth-order valence-electron chi connectivity index (χ4n) is 0.343. The molecule has 0 saturated heterocycles. The molecule has 0 aromatic rings. The van der Waals surface area contributed by atoms with E-state index in [0.29, 0.717) is 49.1 Å². The molecule has 0 radical (unpaired) electrons. The van der Waals surface area contributed by atoms with Crippen LogP contribution in [-0.2, 0) is 18.9 Å². The average molecular weight is 678 g/mol. The number of hydrogen-bond acceptors (Lipinski definition) is 6. The van der Waals surface area contributed by atoms with E-state index in [2.05, 4.69) is 40.0 Å². The zero-order valence-corrected chi connectivity index (χ0v) is 18.1. The van der Waals surface area contributed by atoms with Crippen LogP contribution in [0.4, 0.5) is 0 Å². The van der Waals surface area contributed by atoms with E-state index in [-0.39, 0.29) is 50.9 Å². The van der Waals surface area contributed by atoms with Gasteiger partial charge in [-0.2, -0.15) is 0 Å². The summed E-state index contributed by atoms with van der Waals surface area (Å²) in [5, 5.41) is 7.75. The molecular formula is C9H32I3N3O4V. The zero-order valence-electron chi connectivity index (χ0n) is 10.1. The molecule has 0 amide bonds. The van der Waals surface area contributed by atoms with E-state index < -0.39 is 0 Å². The zero-order chi connectivity index (χ0) is 13.1. The maximum absolute atomic E-state index is 7.75. The summed E-state index contributed by atoms with van der Waals surface area (Å²) in [6, 6.07) is 0. The van der Waals surface area contributed by atoms with Crippen LogP contribution in [0.3, 0.4) is 0 Å². The van der Waals surface area contributed by atoms with Crippen LogP contribution in [0.1, 0.15) is 14.9 Å². The molecule has 0 saturated carbocycles. The van der Waals surface area contributed by atoms with Crippen molar-refractivity contribution in [2.75, 3.05) is 46.2 Å². The van der Waals surface area contributed by atoms with Crippen LogP contribution >= 0.6 is 63.9 Å². The van der Waals surface area contributed by atoms with Crippen LogP contribution in [0.2, 0.25) is 0 Å². The second-order valence-electron chi connectivity index (χ2n) is 2.09. The predicted octanol–water partition coefficient (Wildman–Crippen LogP) is 0.666. The Morgan fingerprint density at radius 3 is 1.30 bits per heavy atom. The summed E-state index contributed by atoms with van der Waals surface area (Å²) < 4.78 is 9.76. The van der Waals surface area contributed by atoms with Gasteiger partial charge in [0.25, 0.3) is 0 Å². The standard InChI is InChI=1S/C5H14N2O2.C2H7NO.2CH4.3HI.H2O.V/c6-1-3-8-5-9-4-2-7;3-1-2-4;;;;;;;/h1-7H2;4H,1-3H2;2*1H4;3*1H;1H2;/q;;;;;;;;+2/p-2. The number of hydrogen-bond donors (Lipinski definition) is 4. The summed E-state index contributed by atoms with van der Waals surface area (Å²) in [6.45, 7) is 2.93. The molecule has 11 heteroatoms. The summed E-state index contributed by atoms with van der Waals surface area (Å²) in [5.74, 6) is 0. The van der Waals surface area contributed by atoms with Crippen molar-refractivity contribution in [3.8, 4) is 0 Å². The Bertz CT molecular complexity index is 98.8. The van der Waals surface area contributed by atoms with Gasteiger partial charge >= 0.3 is 49.4 Å². The van der Waals surface area contributed by atoms with Crippen molar-refractivity contribution >= 4 is 63.9 Å². The number of nitrogens with two attached hydrogens (primary N) is 3. The van der Waals surface area contributed by atoms with Gasteiger partial charge < -0.3 is 37.3 Å². The molecule has 0 fully saturated rings. The number of halogens is 3. The van der Waals surface area contributed by atoms with Crippen molar-refractivity contribution in [3.05, 3.63) is 0 Å². The molecule has 0 unspecified atom stereocenters. The number of aliphatic hydroxyl groups excluding tert-OH is 1. The first-order valence-electron chi connectivity index (χ1n) is 4.53. The van der Waals surface area contributed by atoms with E-state index in [1.54, 1.807) is 0 Å². The van der Waals surface area contributed by atoms with E-state index in [0.717, 1.165) is 0 Å².